The lowest BCUT2D eigenvalue weighted by Gasteiger charge is -2.18. The number of aryl methyl sites for hydroxylation is 1. The lowest BCUT2D eigenvalue weighted by atomic mass is 9.88. The van der Waals surface area contributed by atoms with Crippen molar-refractivity contribution in [2.75, 3.05) is 59.5 Å². The molecule has 6 aliphatic rings. The van der Waals surface area contributed by atoms with Crippen LogP contribution in [0.2, 0.25) is 0 Å². The second kappa shape index (κ2) is 21.9. The number of ether oxygens (including phenoxy) is 11. The number of esters is 2. The van der Waals surface area contributed by atoms with E-state index in [1.165, 1.54) is 11.1 Å². The summed E-state index contributed by atoms with van der Waals surface area (Å²) in [6.45, 7) is 6.26. The Morgan fingerprint density at radius 1 is 0.500 bits per heavy atom. The molecule has 3 aromatic carbocycles. The molecule has 0 saturated carbocycles. The minimum absolute atomic E-state index is 0.0436. The molecule has 9 rings (SSSR count). The number of epoxide rings is 6. The first-order chi connectivity index (χ1) is 31.5. The Kier molecular flexibility index (Phi) is 15.2. The molecule has 338 valence electrons. The van der Waals surface area contributed by atoms with E-state index < -0.39 is 11.9 Å². The van der Waals surface area contributed by atoms with Gasteiger partial charge in [-0.25, -0.2) is 9.59 Å². The van der Waals surface area contributed by atoms with E-state index in [9.17, 15) is 9.59 Å². The highest BCUT2D eigenvalue weighted by atomic mass is 16.8. The first kappa shape index (κ1) is 44.4. The predicted octanol–water partition coefficient (Wildman–Crippen LogP) is 5.76. The van der Waals surface area contributed by atoms with E-state index in [-0.39, 0.29) is 42.4 Å². The zero-order valence-corrected chi connectivity index (χ0v) is 36.2. The Morgan fingerprint density at radius 3 is 1.56 bits per heavy atom. The fraction of sp³-hybridized carbons (Fsp3) is 0.529. The molecule has 3 aromatic rings. The number of benzene rings is 3. The van der Waals surface area contributed by atoms with Gasteiger partial charge in [-0.3, -0.25) is 0 Å². The molecular formula is C51H56O13. The molecule has 0 amide bonds. The highest BCUT2D eigenvalue weighted by Gasteiger charge is 2.31. The molecule has 6 saturated heterocycles. The number of unbranched alkanes of at least 4 members (excludes halogenated alkanes) is 3. The zero-order valence-electron chi connectivity index (χ0n) is 36.2. The van der Waals surface area contributed by atoms with Gasteiger partial charge in [-0.1, -0.05) is 24.0 Å². The average Bonchev–Trinajstić information content (AvgIpc) is 4.07. The van der Waals surface area contributed by atoms with Gasteiger partial charge in [0.1, 0.15) is 30.5 Å². The van der Waals surface area contributed by atoms with Gasteiger partial charge in [-0.2, -0.15) is 0 Å². The summed E-state index contributed by atoms with van der Waals surface area (Å²) in [4.78, 5) is 26.0. The lowest BCUT2D eigenvalue weighted by molar-refractivity contribution is -0.129. The van der Waals surface area contributed by atoms with E-state index in [4.69, 9.17) is 52.1 Å². The van der Waals surface area contributed by atoms with Crippen molar-refractivity contribution < 1.29 is 61.7 Å². The monoisotopic (exact) mass is 876 g/mol. The normalized spacial score (nSPS) is 22.9. The van der Waals surface area contributed by atoms with Gasteiger partial charge in [0, 0.05) is 61.0 Å². The van der Waals surface area contributed by atoms with Crippen LogP contribution in [-0.4, -0.2) is 108 Å². The van der Waals surface area contributed by atoms with Crippen LogP contribution in [-0.2, 0) is 79.6 Å². The largest absolute Gasteiger partial charge is 0.493 e. The van der Waals surface area contributed by atoms with Crippen LogP contribution < -0.4 is 14.2 Å². The third kappa shape index (κ3) is 14.6. The second-order valence-corrected chi connectivity index (χ2v) is 17.0. The van der Waals surface area contributed by atoms with E-state index in [0.29, 0.717) is 57.7 Å². The van der Waals surface area contributed by atoms with Gasteiger partial charge in [0.2, 0.25) is 0 Å². The molecule has 0 aromatic heterocycles. The summed E-state index contributed by atoms with van der Waals surface area (Å²) in [5, 5.41) is 0. The molecule has 0 aliphatic carbocycles. The molecule has 0 spiro atoms. The van der Waals surface area contributed by atoms with Crippen LogP contribution in [0.3, 0.4) is 0 Å². The van der Waals surface area contributed by atoms with Gasteiger partial charge in [-0.05, 0) is 116 Å². The molecule has 0 bridgehead atoms. The summed E-state index contributed by atoms with van der Waals surface area (Å²) in [5.41, 5.74) is 7.16. The molecule has 6 heterocycles. The van der Waals surface area contributed by atoms with Crippen LogP contribution in [0.1, 0.15) is 83.9 Å². The smallest absolute Gasteiger partial charge is 0.390 e. The minimum Gasteiger partial charge on any atom is -0.493 e. The Balaban J connectivity index is 0.821. The summed E-state index contributed by atoms with van der Waals surface area (Å²) in [7, 11) is 0. The lowest BCUT2D eigenvalue weighted by Crippen LogP contribution is -2.10. The third-order valence-electron chi connectivity index (χ3n) is 11.7. The quantitative estimate of drug-likeness (QED) is 0.0316. The summed E-state index contributed by atoms with van der Waals surface area (Å²) in [6.07, 6.45) is 11.3. The molecule has 0 radical (unpaired) electrons. The number of hydrogen-bond acceptors (Lipinski definition) is 13. The maximum Gasteiger partial charge on any atom is 0.390 e. The Hall–Kier alpha value is -4.80. The minimum atomic E-state index is -0.721. The SMILES string of the molecule is O=C(C#Cc1ccc(CC2CO2)c(CC2CO2)c1CCCCOC1CO1)Oc1ccc(OC(=O)C#Cc2ccc(CCCCOC3CO3)c(OCCCCC3CO3)c2CC2CO2)cc1. The van der Waals surface area contributed by atoms with Crippen molar-refractivity contribution in [2.24, 2.45) is 0 Å². The molecule has 6 atom stereocenters. The van der Waals surface area contributed by atoms with Crippen LogP contribution in [0.5, 0.6) is 17.2 Å². The van der Waals surface area contributed by atoms with Crippen LogP contribution in [0.15, 0.2) is 48.5 Å². The number of carbonyl (C=O) groups is 2. The first-order valence-corrected chi connectivity index (χ1v) is 22.9. The van der Waals surface area contributed by atoms with Crippen LogP contribution in [0.4, 0.5) is 0 Å². The maximum absolute atomic E-state index is 13.0. The van der Waals surface area contributed by atoms with Gasteiger partial charge < -0.3 is 52.1 Å². The molecule has 6 fully saturated rings. The first-order valence-electron chi connectivity index (χ1n) is 22.9. The van der Waals surface area contributed by atoms with E-state index >= 15 is 0 Å². The summed E-state index contributed by atoms with van der Waals surface area (Å²) >= 11 is 0. The highest BCUT2D eigenvalue weighted by Crippen LogP contribution is 2.34. The molecule has 13 nitrogen and oxygen atoms in total. The van der Waals surface area contributed by atoms with E-state index in [2.05, 4.69) is 29.7 Å². The summed E-state index contributed by atoms with van der Waals surface area (Å²) < 4.78 is 61.5. The molecular weight excluding hydrogens is 821 g/mol. The van der Waals surface area contributed by atoms with Crippen molar-refractivity contribution >= 4 is 11.9 Å². The fourth-order valence-electron chi connectivity index (χ4n) is 7.70. The van der Waals surface area contributed by atoms with Gasteiger partial charge in [0.05, 0.1) is 57.5 Å². The van der Waals surface area contributed by atoms with E-state index in [1.54, 1.807) is 24.3 Å². The van der Waals surface area contributed by atoms with Crippen molar-refractivity contribution in [1.29, 1.82) is 0 Å². The zero-order chi connectivity index (χ0) is 43.5. The standard InChI is InChI=1S/C51H56O13/c52-47(20-14-34-11-13-37(25-41-29-58-41)45(26-42-30-59-42)44(34)9-3-6-23-55-50-33-62-50)63-38-16-18-39(19-17-38)64-48(53)21-15-35-10-12-36(7-1-4-22-54-49-32-61-49)51(46(35)27-43-31-60-43)56-24-5-2-8-40-28-57-40/h10-13,16-19,40-43,49-50H,1-9,22-33H2. The highest BCUT2D eigenvalue weighted by molar-refractivity contribution is 5.92. The Bertz CT molecular complexity index is 2210. The predicted molar refractivity (Wildman–Crippen MR) is 231 cm³/mol. The van der Waals surface area contributed by atoms with Gasteiger partial charge in [-0.15, -0.1) is 0 Å². The second-order valence-electron chi connectivity index (χ2n) is 17.0. The molecule has 64 heavy (non-hydrogen) atoms. The topological polar surface area (TPSA) is 155 Å². The van der Waals surface area contributed by atoms with Crippen molar-refractivity contribution in [3.63, 3.8) is 0 Å². The maximum atomic E-state index is 13.0. The van der Waals surface area contributed by atoms with E-state index in [0.717, 1.165) is 118 Å². The summed E-state index contributed by atoms with van der Waals surface area (Å²) in [6, 6.07) is 14.3. The van der Waals surface area contributed by atoms with Crippen molar-refractivity contribution in [3.8, 4) is 40.9 Å². The fourth-order valence-corrected chi connectivity index (χ4v) is 7.70. The van der Waals surface area contributed by atoms with Crippen molar-refractivity contribution in [1.82, 2.24) is 0 Å². The average molecular weight is 877 g/mol. The summed E-state index contributed by atoms with van der Waals surface area (Å²) in [5.74, 6) is 11.4. The molecule has 6 unspecified atom stereocenters. The van der Waals surface area contributed by atoms with Crippen LogP contribution in [0.25, 0.3) is 0 Å². The van der Waals surface area contributed by atoms with Gasteiger partial charge in [0.15, 0.2) is 12.6 Å². The van der Waals surface area contributed by atoms with Crippen LogP contribution in [0, 0.1) is 23.7 Å². The van der Waals surface area contributed by atoms with Gasteiger partial charge in [0.25, 0.3) is 0 Å². The van der Waals surface area contributed by atoms with Gasteiger partial charge >= 0.3 is 11.9 Å². The molecule has 0 N–H and O–H groups in total. The Labute approximate surface area is 374 Å². The van der Waals surface area contributed by atoms with Crippen molar-refractivity contribution in [3.05, 3.63) is 87.5 Å². The molecule has 6 aliphatic heterocycles. The third-order valence-corrected chi connectivity index (χ3v) is 11.7. The van der Waals surface area contributed by atoms with Crippen LogP contribution >= 0.6 is 0 Å². The van der Waals surface area contributed by atoms with E-state index in [1.807, 2.05) is 18.2 Å². The number of carbonyl (C=O) groups excluding carboxylic acids is 2. The van der Waals surface area contributed by atoms with Crippen molar-refractivity contribution in [2.45, 2.75) is 114 Å². The number of rotatable bonds is 26. The number of hydrogen-bond donors (Lipinski definition) is 0. The molecule has 13 heteroatoms. The Morgan fingerprint density at radius 2 is 1.00 bits per heavy atom.